The molecule has 0 aromatic carbocycles. The smallest absolute Gasteiger partial charge is 0.261 e. The van der Waals surface area contributed by atoms with Gasteiger partial charge in [-0.15, -0.1) is 0 Å². The maximum Gasteiger partial charge on any atom is 0.261 e. The molecule has 6 N–H and O–H groups in total. The van der Waals surface area contributed by atoms with Crippen LogP contribution in [0.15, 0.2) is 82.2 Å². The van der Waals surface area contributed by atoms with Gasteiger partial charge in [0, 0.05) is 43.7 Å². The summed E-state index contributed by atoms with van der Waals surface area (Å²) >= 11 is 0. The number of hydrogen-bond donors (Lipinski definition) is 3. The first-order valence-corrected chi connectivity index (χ1v) is 10.6. The lowest BCUT2D eigenvalue weighted by molar-refractivity contribution is -0.131. The van der Waals surface area contributed by atoms with Gasteiger partial charge in [0.25, 0.3) is 5.89 Å². The molecule has 0 spiro atoms. The molecular formula is C23H29N9O2. The van der Waals surface area contributed by atoms with E-state index in [1.807, 2.05) is 7.05 Å². The minimum atomic E-state index is 0.0151. The molecule has 178 valence electrons. The Kier molecular flexibility index (Phi) is 7.80. The van der Waals surface area contributed by atoms with Gasteiger partial charge in [0.15, 0.2) is 5.82 Å². The number of amides is 1. The number of carbonyl (C=O) groups excluding carboxylic acids is 1. The highest BCUT2D eigenvalue weighted by atomic mass is 16.5. The third kappa shape index (κ3) is 6.55. The molecule has 1 fully saturated rings. The Morgan fingerprint density at radius 1 is 1.32 bits per heavy atom. The van der Waals surface area contributed by atoms with Crippen molar-refractivity contribution in [2.24, 2.45) is 22.2 Å². The van der Waals surface area contributed by atoms with Crippen molar-refractivity contribution in [1.82, 2.24) is 24.8 Å². The van der Waals surface area contributed by atoms with Crippen molar-refractivity contribution in [3.05, 3.63) is 78.5 Å². The average Bonchev–Trinajstić information content (AvgIpc) is 3.38. The van der Waals surface area contributed by atoms with Crippen molar-refractivity contribution in [1.29, 1.82) is 0 Å². The van der Waals surface area contributed by atoms with Crippen molar-refractivity contribution in [2.75, 3.05) is 7.05 Å². The van der Waals surface area contributed by atoms with E-state index in [9.17, 15) is 4.79 Å². The van der Waals surface area contributed by atoms with Gasteiger partial charge in [-0.25, -0.2) is 4.99 Å². The van der Waals surface area contributed by atoms with Crippen LogP contribution in [0.3, 0.4) is 0 Å². The maximum atomic E-state index is 12.3. The predicted molar refractivity (Wildman–Crippen MR) is 130 cm³/mol. The first-order chi connectivity index (χ1) is 16.3. The van der Waals surface area contributed by atoms with Crippen molar-refractivity contribution in [3.8, 4) is 11.5 Å². The number of nitrogens with two attached hydrogens (primary N) is 3. The molecule has 1 aliphatic rings. The van der Waals surface area contributed by atoms with Crippen molar-refractivity contribution < 1.29 is 9.32 Å². The zero-order valence-corrected chi connectivity index (χ0v) is 19.1. The molecular weight excluding hydrogens is 434 g/mol. The highest BCUT2D eigenvalue weighted by Crippen LogP contribution is 2.25. The summed E-state index contributed by atoms with van der Waals surface area (Å²) < 4.78 is 6.92. The summed E-state index contributed by atoms with van der Waals surface area (Å²) in [6.07, 6.45) is 13.5. The quantitative estimate of drug-likeness (QED) is 0.332. The van der Waals surface area contributed by atoms with E-state index in [0.717, 1.165) is 18.4 Å². The predicted octanol–water partition coefficient (Wildman–Crippen LogP) is 1.39. The summed E-state index contributed by atoms with van der Waals surface area (Å²) in [5.41, 5.74) is 19.4. The average molecular weight is 464 g/mol. The van der Waals surface area contributed by atoms with Gasteiger partial charge in [-0.2, -0.15) is 10.1 Å². The lowest BCUT2D eigenvalue weighted by Crippen LogP contribution is -2.32. The Labute approximate surface area is 197 Å². The lowest BCUT2D eigenvalue weighted by atomic mass is 10.1. The number of aromatic nitrogens is 4. The Balaban J connectivity index is 1.60. The van der Waals surface area contributed by atoms with Crippen LogP contribution in [0.25, 0.3) is 11.5 Å². The largest absolute Gasteiger partial charge is 0.404 e. The zero-order chi connectivity index (χ0) is 24.7. The number of nitrogens with zero attached hydrogens (tertiary/aromatic N) is 6. The molecule has 1 aliphatic carbocycles. The topological polar surface area (TPSA) is 167 Å². The first kappa shape index (κ1) is 24.2. The second kappa shape index (κ2) is 10.9. The Bertz CT molecular complexity index is 1180. The maximum absolute atomic E-state index is 12.3. The summed E-state index contributed by atoms with van der Waals surface area (Å²) in [6.45, 7) is 7.62. The molecule has 3 rings (SSSR count). The summed E-state index contributed by atoms with van der Waals surface area (Å²) in [6, 6.07) is 0.356. The van der Waals surface area contributed by atoms with Crippen LogP contribution in [0, 0.1) is 0 Å². The number of hydrogen-bond acceptors (Lipinski definition) is 9. The molecule has 2 aromatic rings. The van der Waals surface area contributed by atoms with E-state index in [1.165, 1.54) is 18.6 Å². The van der Waals surface area contributed by atoms with Gasteiger partial charge in [-0.1, -0.05) is 30.5 Å². The molecule has 11 nitrogen and oxygen atoms in total. The van der Waals surface area contributed by atoms with Crippen LogP contribution >= 0.6 is 0 Å². The molecule has 0 bridgehead atoms. The van der Waals surface area contributed by atoms with Crippen molar-refractivity contribution >= 4 is 12.1 Å². The van der Waals surface area contributed by atoms with E-state index in [1.54, 1.807) is 34.1 Å². The molecule has 2 aromatic heterocycles. The number of allylic oxidation sites excluding steroid dienone is 5. The fourth-order valence-corrected chi connectivity index (χ4v) is 2.96. The highest BCUT2D eigenvalue weighted by molar-refractivity contribution is 5.86. The van der Waals surface area contributed by atoms with Crippen LogP contribution in [-0.2, 0) is 17.8 Å². The first-order valence-electron chi connectivity index (χ1n) is 10.6. The van der Waals surface area contributed by atoms with Crippen LogP contribution in [0.4, 0.5) is 0 Å². The second-order valence-electron chi connectivity index (χ2n) is 7.83. The SMILES string of the molecule is C=C(N)/N=C\C(=C/N)C(=C)/C=C\C(=C/N)Cc1noc(-c2cnn(CC(=O)N(C)C3CC3)c2)n1. The molecule has 34 heavy (non-hydrogen) atoms. The van der Waals surface area contributed by atoms with Gasteiger partial charge in [0.1, 0.15) is 12.4 Å². The van der Waals surface area contributed by atoms with Crippen LogP contribution in [-0.4, -0.2) is 50.0 Å². The third-order valence-corrected chi connectivity index (χ3v) is 5.13. The van der Waals surface area contributed by atoms with E-state index in [0.29, 0.717) is 40.9 Å². The molecule has 0 aliphatic heterocycles. The molecule has 0 radical (unpaired) electrons. The Hall–Kier alpha value is -4.41. The lowest BCUT2D eigenvalue weighted by Gasteiger charge is -2.15. The van der Waals surface area contributed by atoms with Crippen molar-refractivity contribution in [2.45, 2.75) is 31.8 Å². The summed E-state index contributed by atoms with van der Waals surface area (Å²) in [7, 11) is 1.82. The number of rotatable bonds is 11. The third-order valence-electron chi connectivity index (χ3n) is 5.13. The van der Waals surface area contributed by atoms with E-state index in [2.05, 4.69) is 33.4 Å². The van der Waals surface area contributed by atoms with E-state index < -0.39 is 0 Å². The molecule has 2 heterocycles. The molecule has 0 unspecified atom stereocenters. The standard InChI is InChI=1S/C23H29N9O2/c1-15(18(10-25)11-27-16(2)26)4-5-17(9-24)8-21-29-23(34-30-21)19-12-28-32(13-19)14-22(33)31(3)20-6-7-20/h4-5,9-13,20H,1-2,6-8,14,24-26H2,3H3/b5-4-,17-9+,18-10+,27-11-. The minimum Gasteiger partial charge on any atom is -0.404 e. The van der Waals surface area contributed by atoms with Crippen LogP contribution < -0.4 is 17.2 Å². The fraction of sp³-hybridized carbons (Fsp3) is 0.261. The fourth-order valence-electron chi connectivity index (χ4n) is 2.96. The van der Waals surface area contributed by atoms with Crippen LogP contribution in [0.1, 0.15) is 18.7 Å². The number of carbonyl (C=O) groups is 1. The normalized spacial score (nSPS) is 14.7. The van der Waals surface area contributed by atoms with E-state index in [4.69, 9.17) is 21.7 Å². The number of likely N-dealkylation sites (N-methyl/N-ethyl adjacent to an activating group) is 1. The summed E-state index contributed by atoms with van der Waals surface area (Å²) in [4.78, 5) is 22.4. The molecule has 0 atom stereocenters. The molecule has 1 saturated carbocycles. The van der Waals surface area contributed by atoms with E-state index in [-0.39, 0.29) is 18.3 Å². The van der Waals surface area contributed by atoms with Crippen molar-refractivity contribution in [3.63, 3.8) is 0 Å². The summed E-state index contributed by atoms with van der Waals surface area (Å²) in [5, 5.41) is 8.24. The molecule has 0 saturated heterocycles. The Morgan fingerprint density at radius 3 is 2.74 bits per heavy atom. The minimum absolute atomic E-state index is 0.0151. The van der Waals surface area contributed by atoms with Gasteiger partial charge in [-0.3, -0.25) is 9.48 Å². The molecule has 11 heteroatoms. The van der Waals surface area contributed by atoms with E-state index >= 15 is 0 Å². The Morgan fingerprint density at radius 2 is 2.09 bits per heavy atom. The van der Waals surface area contributed by atoms with Crippen LogP contribution in [0.5, 0.6) is 0 Å². The molecule has 1 amide bonds. The monoisotopic (exact) mass is 463 g/mol. The summed E-state index contributed by atoms with van der Waals surface area (Å²) in [5.74, 6) is 0.922. The zero-order valence-electron chi connectivity index (χ0n) is 19.1. The van der Waals surface area contributed by atoms with Gasteiger partial charge in [-0.05, 0) is 30.2 Å². The van der Waals surface area contributed by atoms with Gasteiger partial charge < -0.3 is 26.6 Å². The van der Waals surface area contributed by atoms with Gasteiger partial charge >= 0.3 is 0 Å². The van der Waals surface area contributed by atoms with Gasteiger partial charge in [0.05, 0.1) is 11.8 Å². The van der Waals surface area contributed by atoms with Gasteiger partial charge in [0.2, 0.25) is 5.91 Å². The number of aliphatic imine (C=N–C) groups is 1. The second-order valence-corrected chi connectivity index (χ2v) is 7.83. The van der Waals surface area contributed by atoms with Crippen LogP contribution in [0.2, 0.25) is 0 Å². The highest BCUT2D eigenvalue weighted by Gasteiger charge is 2.29.